The zero-order chi connectivity index (χ0) is 12.3. The van der Waals surface area contributed by atoms with E-state index < -0.39 is 0 Å². The van der Waals surface area contributed by atoms with Crippen molar-refractivity contribution in [3.63, 3.8) is 0 Å². The lowest BCUT2D eigenvalue weighted by Gasteiger charge is -2.21. The highest BCUT2D eigenvalue weighted by molar-refractivity contribution is 6.31. The molecule has 17 heavy (non-hydrogen) atoms. The fraction of sp³-hybridized carbons (Fsp3) is 0.571. The standard InChI is InChI=1S/C14H17Cl2Si/c15-13-5-2-1-4-12(13)11-6-8-14(16,10-11)7-3-9-17/h1-2,4-5,11H,3,6-10H2. The first kappa shape index (κ1) is 13.4. The first-order valence-corrected chi connectivity index (χ1v) is 7.69. The summed E-state index contributed by atoms with van der Waals surface area (Å²) in [6, 6.07) is 9.20. The maximum Gasteiger partial charge on any atom is 0.0452 e. The van der Waals surface area contributed by atoms with Crippen molar-refractivity contribution in [3.05, 3.63) is 34.9 Å². The van der Waals surface area contributed by atoms with Crippen LogP contribution >= 0.6 is 23.2 Å². The van der Waals surface area contributed by atoms with E-state index in [0.717, 1.165) is 43.2 Å². The van der Waals surface area contributed by atoms with Gasteiger partial charge in [0, 0.05) is 20.1 Å². The minimum atomic E-state index is -0.00349. The summed E-state index contributed by atoms with van der Waals surface area (Å²) in [4.78, 5) is -0.00349. The summed E-state index contributed by atoms with van der Waals surface area (Å²) >= 11 is 12.9. The van der Waals surface area contributed by atoms with Gasteiger partial charge in [0.05, 0.1) is 0 Å². The van der Waals surface area contributed by atoms with Crippen LogP contribution in [0.4, 0.5) is 0 Å². The van der Waals surface area contributed by atoms with E-state index in [-0.39, 0.29) is 4.87 Å². The van der Waals surface area contributed by atoms with E-state index in [1.165, 1.54) is 5.56 Å². The predicted octanol–water partition coefficient (Wildman–Crippen LogP) is 4.95. The van der Waals surface area contributed by atoms with Gasteiger partial charge in [-0.15, -0.1) is 11.6 Å². The minimum Gasteiger partial charge on any atom is -0.119 e. The molecule has 0 bridgehead atoms. The van der Waals surface area contributed by atoms with E-state index in [9.17, 15) is 0 Å². The Hall–Kier alpha value is 0.0169. The van der Waals surface area contributed by atoms with Crippen molar-refractivity contribution in [2.24, 2.45) is 0 Å². The molecular weight excluding hydrogens is 267 g/mol. The number of hydrogen-bond acceptors (Lipinski definition) is 0. The normalized spacial score (nSPS) is 28.5. The summed E-state index contributed by atoms with van der Waals surface area (Å²) in [5.74, 6) is 0.538. The lowest BCUT2D eigenvalue weighted by Crippen LogP contribution is -2.16. The van der Waals surface area contributed by atoms with Crippen LogP contribution in [0.3, 0.4) is 0 Å². The molecule has 0 heterocycles. The second-order valence-electron chi connectivity index (χ2n) is 4.97. The van der Waals surface area contributed by atoms with Crippen LogP contribution in [0, 0.1) is 0 Å². The molecular formula is C14H17Cl2Si. The van der Waals surface area contributed by atoms with Crippen molar-refractivity contribution >= 4 is 33.4 Å². The quantitative estimate of drug-likeness (QED) is 0.542. The monoisotopic (exact) mass is 283 g/mol. The lowest BCUT2D eigenvalue weighted by atomic mass is 9.94. The topological polar surface area (TPSA) is 0 Å². The van der Waals surface area contributed by atoms with Gasteiger partial charge in [-0.1, -0.05) is 42.3 Å². The molecule has 2 atom stereocenters. The third-order valence-corrected chi connectivity index (χ3v) is 4.93. The Morgan fingerprint density at radius 2 is 2.12 bits per heavy atom. The second-order valence-corrected chi connectivity index (χ2v) is 6.67. The molecule has 0 amide bonds. The maximum absolute atomic E-state index is 6.68. The molecule has 1 saturated carbocycles. The van der Waals surface area contributed by atoms with Gasteiger partial charge in [-0.3, -0.25) is 0 Å². The predicted molar refractivity (Wildman–Crippen MR) is 76.4 cm³/mol. The first-order chi connectivity index (χ1) is 8.14. The Bertz CT molecular complexity index is 380. The zero-order valence-electron chi connectivity index (χ0n) is 9.89. The lowest BCUT2D eigenvalue weighted by molar-refractivity contribution is 0.529. The van der Waals surface area contributed by atoms with E-state index in [2.05, 4.69) is 22.4 Å². The first-order valence-electron chi connectivity index (χ1n) is 6.22. The minimum absolute atomic E-state index is 0.00349. The van der Waals surface area contributed by atoms with Gasteiger partial charge in [-0.25, -0.2) is 0 Å². The Balaban J connectivity index is 2.05. The maximum atomic E-state index is 6.68. The Kier molecular flexibility index (Phi) is 4.57. The van der Waals surface area contributed by atoms with Gasteiger partial charge in [0.1, 0.15) is 0 Å². The third-order valence-electron chi connectivity index (χ3n) is 3.70. The molecule has 1 aromatic carbocycles. The second kappa shape index (κ2) is 5.77. The van der Waals surface area contributed by atoms with E-state index in [0.29, 0.717) is 5.92 Å². The average Bonchev–Trinajstić information content (AvgIpc) is 2.70. The van der Waals surface area contributed by atoms with Crippen molar-refractivity contribution in [1.29, 1.82) is 0 Å². The van der Waals surface area contributed by atoms with Crippen molar-refractivity contribution < 1.29 is 0 Å². The number of benzene rings is 1. The van der Waals surface area contributed by atoms with Crippen molar-refractivity contribution in [2.75, 3.05) is 0 Å². The van der Waals surface area contributed by atoms with E-state index >= 15 is 0 Å². The van der Waals surface area contributed by atoms with Gasteiger partial charge in [0.2, 0.25) is 0 Å². The molecule has 2 rings (SSSR count). The summed E-state index contributed by atoms with van der Waals surface area (Å²) in [6.45, 7) is 0. The smallest absolute Gasteiger partial charge is 0.0452 e. The van der Waals surface area contributed by atoms with Gasteiger partial charge in [-0.05, 0) is 43.2 Å². The van der Waals surface area contributed by atoms with Crippen LogP contribution in [-0.4, -0.2) is 15.1 Å². The van der Waals surface area contributed by atoms with Crippen LogP contribution in [-0.2, 0) is 0 Å². The fourth-order valence-electron chi connectivity index (χ4n) is 2.78. The Labute approximate surface area is 117 Å². The highest BCUT2D eigenvalue weighted by atomic mass is 35.5. The Morgan fingerprint density at radius 3 is 2.82 bits per heavy atom. The molecule has 91 valence electrons. The number of hydrogen-bond donors (Lipinski definition) is 0. The molecule has 0 aromatic heterocycles. The van der Waals surface area contributed by atoms with Gasteiger partial charge in [-0.2, -0.15) is 0 Å². The zero-order valence-corrected chi connectivity index (χ0v) is 12.4. The van der Waals surface area contributed by atoms with Crippen LogP contribution in [0.25, 0.3) is 0 Å². The van der Waals surface area contributed by atoms with E-state index in [1.807, 2.05) is 12.1 Å². The molecule has 2 unspecified atom stereocenters. The molecule has 0 saturated heterocycles. The molecule has 1 aliphatic rings. The van der Waals surface area contributed by atoms with Gasteiger partial charge in [0.25, 0.3) is 0 Å². The fourth-order valence-corrected chi connectivity index (χ4v) is 3.68. The van der Waals surface area contributed by atoms with Gasteiger partial charge < -0.3 is 0 Å². The number of rotatable bonds is 4. The van der Waals surface area contributed by atoms with Crippen molar-refractivity contribution in [3.8, 4) is 0 Å². The molecule has 1 aromatic rings. The van der Waals surface area contributed by atoms with Crippen molar-refractivity contribution in [1.82, 2.24) is 0 Å². The van der Waals surface area contributed by atoms with Gasteiger partial charge >= 0.3 is 0 Å². The van der Waals surface area contributed by atoms with Crippen molar-refractivity contribution in [2.45, 2.75) is 48.9 Å². The molecule has 3 heteroatoms. The molecule has 0 aliphatic heterocycles. The summed E-state index contributed by atoms with van der Waals surface area (Å²) in [5.41, 5.74) is 1.27. The largest absolute Gasteiger partial charge is 0.119 e. The van der Waals surface area contributed by atoms with Crippen LogP contribution < -0.4 is 0 Å². The molecule has 0 spiro atoms. The number of halogens is 2. The van der Waals surface area contributed by atoms with Crippen LogP contribution in [0.2, 0.25) is 11.1 Å². The summed E-state index contributed by atoms with van der Waals surface area (Å²) in [5, 5.41) is 0.888. The summed E-state index contributed by atoms with van der Waals surface area (Å²) < 4.78 is 0. The third kappa shape index (κ3) is 3.27. The molecule has 1 fully saturated rings. The summed E-state index contributed by atoms with van der Waals surface area (Å²) in [7, 11) is 3.52. The molecule has 1 aliphatic carbocycles. The highest BCUT2D eigenvalue weighted by Crippen LogP contribution is 2.48. The summed E-state index contributed by atoms with van der Waals surface area (Å²) in [6.07, 6.45) is 5.57. The number of alkyl halides is 1. The van der Waals surface area contributed by atoms with E-state index in [1.54, 1.807) is 0 Å². The Morgan fingerprint density at radius 1 is 1.35 bits per heavy atom. The highest BCUT2D eigenvalue weighted by Gasteiger charge is 2.37. The SMILES string of the molecule is [Si]CCCC1(Cl)CCC(c2ccccc2Cl)C1. The molecule has 0 N–H and O–H groups in total. The average molecular weight is 284 g/mol. The van der Waals surface area contributed by atoms with Gasteiger partial charge in [0.15, 0.2) is 0 Å². The molecule has 0 nitrogen and oxygen atoms in total. The molecule has 3 radical (unpaired) electrons. The van der Waals surface area contributed by atoms with E-state index in [4.69, 9.17) is 23.2 Å². The van der Waals surface area contributed by atoms with Crippen LogP contribution in [0.5, 0.6) is 0 Å². The van der Waals surface area contributed by atoms with Crippen LogP contribution in [0.15, 0.2) is 24.3 Å². The van der Waals surface area contributed by atoms with Crippen LogP contribution in [0.1, 0.15) is 43.6 Å².